The molecule has 1 N–H and O–H groups in total. The quantitative estimate of drug-likeness (QED) is 0.241. The van der Waals surface area contributed by atoms with Crippen LogP contribution in [-0.4, -0.2) is 35.7 Å². The van der Waals surface area contributed by atoms with Crippen LogP contribution in [0.25, 0.3) is 0 Å². The van der Waals surface area contributed by atoms with E-state index in [4.69, 9.17) is 14.6 Å². The van der Waals surface area contributed by atoms with E-state index < -0.39 is 5.97 Å². The van der Waals surface area contributed by atoms with Crippen LogP contribution >= 0.6 is 0 Å². The number of carboxylic acid groups (broad SMARTS) is 1. The minimum atomic E-state index is -0.962. The van der Waals surface area contributed by atoms with Gasteiger partial charge in [0.15, 0.2) is 0 Å². The fourth-order valence-corrected chi connectivity index (χ4v) is 12.4. The highest BCUT2D eigenvalue weighted by atomic mass is 16.5. The molecule has 0 amide bonds. The first-order chi connectivity index (χ1) is 19.5. The highest BCUT2D eigenvalue weighted by Gasteiger charge is 2.71. The fraction of sp³-hybridized carbons (Fsp3) is 0.861. The van der Waals surface area contributed by atoms with Crippen LogP contribution < -0.4 is 0 Å². The predicted octanol–water partition coefficient (Wildman–Crippen LogP) is 7.98. The molecule has 6 nitrogen and oxygen atoms in total. The molecule has 0 aromatic heterocycles. The van der Waals surface area contributed by atoms with Crippen molar-refractivity contribution in [3.63, 3.8) is 0 Å². The lowest BCUT2D eigenvalue weighted by Gasteiger charge is -2.73. The van der Waals surface area contributed by atoms with E-state index in [1.165, 1.54) is 31.3 Å². The SMILES string of the molecule is C=C(C)[C@@H]1CC[C@]2(COC(=O)CCC(=O)O)CC[C@]3(C)[C@H](CC[C@@H]4[C@@]5(C)CC[C@@H](OC(C)=O)C(C)(C)[C@@H]5CC[C@]43C)[C@H]12. The second kappa shape index (κ2) is 10.6. The van der Waals surface area contributed by atoms with Crippen LogP contribution in [0.2, 0.25) is 0 Å². The summed E-state index contributed by atoms with van der Waals surface area (Å²) in [6.07, 6.45) is 11.0. The summed E-state index contributed by atoms with van der Waals surface area (Å²) in [5, 5.41) is 9.03. The second-order valence-electron chi connectivity index (χ2n) is 16.6. The molecule has 0 spiro atoms. The lowest BCUT2D eigenvalue weighted by molar-refractivity contribution is -0.252. The Bertz CT molecular complexity index is 1130. The van der Waals surface area contributed by atoms with Gasteiger partial charge in [-0.05, 0) is 117 Å². The van der Waals surface area contributed by atoms with Crippen molar-refractivity contribution in [2.45, 2.75) is 132 Å². The number of carboxylic acids is 1. The molecule has 0 aromatic carbocycles. The van der Waals surface area contributed by atoms with Crippen molar-refractivity contribution in [2.75, 3.05) is 6.61 Å². The molecule has 5 fully saturated rings. The van der Waals surface area contributed by atoms with E-state index >= 15 is 0 Å². The molecule has 5 aliphatic carbocycles. The molecule has 6 heteroatoms. The number of esters is 2. The number of hydrogen-bond donors (Lipinski definition) is 1. The summed E-state index contributed by atoms with van der Waals surface area (Å²) >= 11 is 0. The predicted molar refractivity (Wildman–Crippen MR) is 162 cm³/mol. The topological polar surface area (TPSA) is 89.9 Å². The highest BCUT2D eigenvalue weighted by molar-refractivity contribution is 5.76. The maximum atomic E-state index is 12.5. The summed E-state index contributed by atoms with van der Waals surface area (Å²) in [4.78, 5) is 35.5. The average Bonchev–Trinajstić information content (AvgIpc) is 3.28. The number of hydrogen-bond acceptors (Lipinski definition) is 5. The molecule has 5 aliphatic rings. The standard InChI is InChI=1S/C36H56O6/c1-22(2)24-13-18-36(21-41-30(40)12-11-29(38)39)20-19-34(7)25(31(24)36)9-10-27-33(6)16-15-28(42-23(3)37)32(4,5)26(33)14-17-35(27,34)8/h24-28,31H,1,9-21H2,2-8H3,(H,38,39)/t24-,25+,26-,27+,28+,31-,33-,34+,35+,36+/m0/s1. The van der Waals surface area contributed by atoms with E-state index in [1.807, 2.05) is 0 Å². The molecule has 0 saturated heterocycles. The Hall–Kier alpha value is -1.85. The van der Waals surface area contributed by atoms with Crippen LogP contribution in [0.1, 0.15) is 126 Å². The van der Waals surface area contributed by atoms with Crippen molar-refractivity contribution < 1.29 is 29.0 Å². The summed E-state index contributed by atoms with van der Waals surface area (Å²) in [6, 6.07) is 0. The zero-order chi connectivity index (χ0) is 30.9. The van der Waals surface area contributed by atoms with Gasteiger partial charge in [0.2, 0.25) is 0 Å². The van der Waals surface area contributed by atoms with Crippen molar-refractivity contribution in [2.24, 2.45) is 56.7 Å². The van der Waals surface area contributed by atoms with Gasteiger partial charge in [0, 0.05) is 17.8 Å². The van der Waals surface area contributed by atoms with Crippen LogP contribution in [0.5, 0.6) is 0 Å². The van der Waals surface area contributed by atoms with E-state index in [2.05, 4.69) is 48.1 Å². The number of ether oxygens (including phenoxy) is 2. The zero-order valence-corrected chi connectivity index (χ0v) is 27.4. The van der Waals surface area contributed by atoms with Gasteiger partial charge in [-0.15, -0.1) is 0 Å². The minimum Gasteiger partial charge on any atom is -0.481 e. The van der Waals surface area contributed by atoms with Gasteiger partial charge in [0.1, 0.15) is 6.10 Å². The number of aliphatic carboxylic acids is 1. The smallest absolute Gasteiger partial charge is 0.306 e. The molecule has 0 heterocycles. The minimum absolute atomic E-state index is 0.00678. The maximum absolute atomic E-state index is 12.5. The molecule has 5 saturated carbocycles. The van der Waals surface area contributed by atoms with Crippen molar-refractivity contribution in [3.8, 4) is 0 Å². The summed E-state index contributed by atoms with van der Waals surface area (Å²) in [5.41, 5.74) is 1.82. The largest absolute Gasteiger partial charge is 0.481 e. The van der Waals surface area contributed by atoms with Crippen molar-refractivity contribution in [1.82, 2.24) is 0 Å². The molecule has 236 valence electrons. The molecular formula is C36H56O6. The molecular weight excluding hydrogens is 528 g/mol. The van der Waals surface area contributed by atoms with Gasteiger partial charge in [-0.3, -0.25) is 14.4 Å². The number of allylic oxidation sites excluding steroid dienone is 1. The number of rotatable bonds is 7. The Morgan fingerprint density at radius 3 is 2.17 bits per heavy atom. The first-order valence-corrected chi connectivity index (χ1v) is 16.7. The third-order valence-corrected chi connectivity index (χ3v) is 14.6. The van der Waals surface area contributed by atoms with Crippen LogP contribution in [0.4, 0.5) is 0 Å². The van der Waals surface area contributed by atoms with E-state index in [1.54, 1.807) is 6.92 Å². The maximum Gasteiger partial charge on any atom is 0.306 e. The van der Waals surface area contributed by atoms with Gasteiger partial charge in [-0.25, -0.2) is 0 Å². The van der Waals surface area contributed by atoms with E-state index in [0.29, 0.717) is 36.2 Å². The molecule has 42 heavy (non-hydrogen) atoms. The lowest BCUT2D eigenvalue weighted by atomic mass is 9.32. The summed E-state index contributed by atoms with van der Waals surface area (Å²) in [7, 11) is 0. The van der Waals surface area contributed by atoms with Gasteiger partial charge < -0.3 is 14.6 Å². The molecule has 0 unspecified atom stereocenters. The number of fused-ring (bicyclic) bond motifs is 7. The monoisotopic (exact) mass is 584 g/mol. The summed E-state index contributed by atoms with van der Waals surface area (Å²) < 4.78 is 11.8. The average molecular weight is 585 g/mol. The van der Waals surface area contributed by atoms with Gasteiger partial charge in [-0.1, -0.05) is 46.8 Å². The first-order valence-electron chi connectivity index (χ1n) is 16.7. The van der Waals surface area contributed by atoms with Crippen LogP contribution in [0, 0.1) is 56.7 Å². The van der Waals surface area contributed by atoms with Crippen LogP contribution in [-0.2, 0) is 23.9 Å². The van der Waals surface area contributed by atoms with Gasteiger partial charge in [0.05, 0.1) is 19.4 Å². The summed E-state index contributed by atoms with van der Waals surface area (Å²) in [5.74, 6) is 1.10. The Morgan fingerprint density at radius 1 is 0.810 bits per heavy atom. The Kier molecular flexibility index (Phi) is 8.00. The Balaban J connectivity index is 1.43. The third kappa shape index (κ3) is 4.67. The van der Waals surface area contributed by atoms with Crippen LogP contribution in [0.3, 0.4) is 0 Å². The van der Waals surface area contributed by atoms with Crippen molar-refractivity contribution in [1.29, 1.82) is 0 Å². The van der Waals surface area contributed by atoms with Gasteiger partial charge in [-0.2, -0.15) is 0 Å². The van der Waals surface area contributed by atoms with E-state index in [-0.39, 0.29) is 58.0 Å². The summed E-state index contributed by atoms with van der Waals surface area (Å²) in [6.45, 7) is 21.1. The third-order valence-electron chi connectivity index (χ3n) is 14.6. The fourth-order valence-electron chi connectivity index (χ4n) is 12.4. The molecule has 10 atom stereocenters. The lowest BCUT2D eigenvalue weighted by Crippen LogP contribution is -2.67. The molecule has 0 aliphatic heterocycles. The number of carbonyl (C=O) groups is 3. The van der Waals surface area contributed by atoms with Crippen LogP contribution in [0.15, 0.2) is 12.2 Å². The normalized spacial score (nSPS) is 45.4. The second-order valence-corrected chi connectivity index (χ2v) is 16.6. The highest BCUT2D eigenvalue weighted by Crippen LogP contribution is 2.77. The Labute approximate surface area is 253 Å². The van der Waals surface area contributed by atoms with E-state index in [0.717, 1.165) is 38.5 Å². The molecule has 0 bridgehead atoms. The molecule has 0 aromatic rings. The molecule has 0 radical (unpaired) electrons. The van der Waals surface area contributed by atoms with Gasteiger partial charge in [0.25, 0.3) is 0 Å². The zero-order valence-electron chi connectivity index (χ0n) is 27.4. The first kappa shape index (κ1) is 31.6. The Morgan fingerprint density at radius 2 is 1.52 bits per heavy atom. The van der Waals surface area contributed by atoms with Gasteiger partial charge >= 0.3 is 17.9 Å². The van der Waals surface area contributed by atoms with Crippen molar-refractivity contribution >= 4 is 17.9 Å². The molecule has 5 rings (SSSR count). The van der Waals surface area contributed by atoms with E-state index in [9.17, 15) is 14.4 Å². The number of carbonyl (C=O) groups excluding carboxylic acids is 2. The van der Waals surface area contributed by atoms with Crippen molar-refractivity contribution in [3.05, 3.63) is 12.2 Å².